The Hall–Kier alpha value is -2.75. The van der Waals surface area contributed by atoms with Gasteiger partial charge in [-0.25, -0.2) is 4.79 Å². The molecule has 94 valence electrons. The second-order valence-corrected chi connectivity index (χ2v) is 4.10. The zero-order valence-corrected chi connectivity index (χ0v) is 9.96. The molecule has 0 amide bonds. The number of benzene rings is 2. The molecule has 3 aromatic rings. The fraction of sp³-hybridized carbons (Fsp3) is 0. The van der Waals surface area contributed by atoms with Crippen LogP contribution >= 0.6 is 0 Å². The molecule has 0 saturated carbocycles. The molecular weight excluding hydrogens is 242 g/mol. The number of hydrogen-bond acceptors (Lipinski definition) is 2. The first kappa shape index (κ1) is 11.3. The van der Waals surface area contributed by atoms with Crippen LogP contribution in [-0.2, 0) is 0 Å². The van der Waals surface area contributed by atoms with Gasteiger partial charge in [0.05, 0.1) is 0 Å². The minimum absolute atomic E-state index is 0.146. The van der Waals surface area contributed by atoms with Crippen LogP contribution in [-0.4, -0.2) is 16.1 Å². The highest BCUT2D eigenvalue weighted by Crippen LogP contribution is 2.31. The lowest BCUT2D eigenvalue weighted by atomic mass is 10.2. The number of hydrogen-bond donors (Lipinski definition) is 2. The van der Waals surface area contributed by atoms with Crippen molar-refractivity contribution in [3.05, 3.63) is 60.3 Å². The van der Waals surface area contributed by atoms with Crippen molar-refractivity contribution in [2.45, 2.75) is 0 Å². The van der Waals surface area contributed by atoms with Crippen LogP contribution in [0.2, 0.25) is 0 Å². The third-order valence-electron chi connectivity index (χ3n) is 2.89. The lowest BCUT2D eigenvalue weighted by Crippen LogP contribution is -1.99. The van der Waals surface area contributed by atoms with Gasteiger partial charge in [-0.05, 0) is 24.3 Å². The molecule has 0 bridgehead atoms. The van der Waals surface area contributed by atoms with E-state index in [0.29, 0.717) is 11.5 Å². The number of ether oxygens (including phenoxy) is 1. The van der Waals surface area contributed by atoms with Gasteiger partial charge >= 0.3 is 5.97 Å². The fourth-order valence-electron chi connectivity index (χ4n) is 1.98. The second kappa shape index (κ2) is 4.49. The molecule has 0 aliphatic heterocycles. The SMILES string of the molecule is O=C(O)c1ccccc1Oc1c[nH]c2ccccc12. The van der Waals surface area contributed by atoms with Crippen LogP contribution in [0.15, 0.2) is 54.7 Å². The van der Waals surface area contributed by atoms with Crippen molar-refractivity contribution in [3.63, 3.8) is 0 Å². The van der Waals surface area contributed by atoms with Gasteiger partial charge in [0.15, 0.2) is 5.75 Å². The number of carboxylic acid groups (broad SMARTS) is 1. The van der Waals surface area contributed by atoms with Crippen LogP contribution in [0.3, 0.4) is 0 Å². The number of aromatic amines is 1. The van der Waals surface area contributed by atoms with E-state index in [9.17, 15) is 4.79 Å². The Morgan fingerprint density at radius 1 is 1.00 bits per heavy atom. The number of para-hydroxylation sites is 2. The normalized spacial score (nSPS) is 10.5. The van der Waals surface area contributed by atoms with Gasteiger partial charge in [-0.1, -0.05) is 24.3 Å². The summed E-state index contributed by atoms with van der Waals surface area (Å²) in [7, 11) is 0. The van der Waals surface area contributed by atoms with E-state index in [-0.39, 0.29) is 5.56 Å². The molecule has 2 N–H and O–H groups in total. The molecule has 0 aliphatic rings. The molecule has 1 heterocycles. The van der Waals surface area contributed by atoms with Crippen molar-refractivity contribution in [1.29, 1.82) is 0 Å². The number of carbonyl (C=O) groups is 1. The van der Waals surface area contributed by atoms with Crippen LogP contribution in [0.5, 0.6) is 11.5 Å². The average Bonchev–Trinajstić information content (AvgIpc) is 2.83. The van der Waals surface area contributed by atoms with Crippen molar-refractivity contribution >= 4 is 16.9 Å². The second-order valence-electron chi connectivity index (χ2n) is 4.10. The van der Waals surface area contributed by atoms with Crippen LogP contribution in [0.1, 0.15) is 10.4 Å². The van der Waals surface area contributed by atoms with Crippen molar-refractivity contribution < 1.29 is 14.6 Å². The van der Waals surface area contributed by atoms with Gasteiger partial charge in [0.25, 0.3) is 0 Å². The summed E-state index contributed by atoms with van der Waals surface area (Å²) in [5, 5.41) is 10.0. The minimum atomic E-state index is -1.00. The van der Waals surface area contributed by atoms with Crippen LogP contribution in [0.25, 0.3) is 10.9 Å². The largest absolute Gasteiger partial charge is 0.478 e. The predicted octanol–water partition coefficient (Wildman–Crippen LogP) is 3.66. The first-order valence-corrected chi connectivity index (χ1v) is 5.82. The van der Waals surface area contributed by atoms with Crippen LogP contribution < -0.4 is 4.74 Å². The zero-order chi connectivity index (χ0) is 13.2. The van der Waals surface area contributed by atoms with E-state index in [0.717, 1.165) is 10.9 Å². The Labute approximate surface area is 109 Å². The molecule has 4 nitrogen and oxygen atoms in total. The molecule has 0 atom stereocenters. The summed E-state index contributed by atoms with van der Waals surface area (Å²) in [6.45, 7) is 0. The lowest BCUT2D eigenvalue weighted by Gasteiger charge is -2.07. The van der Waals surface area contributed by atoms with E-state index in [4.69, 9.17) is 9.84 Å². The summed E-state index contributed by atoms with van der Waals surface area (Å²) < 4.78 is 5.71. The lowest BCUT2D eigenvalue weighted by molar-refractivity contribution is 0.0694. The third-order valence-corrected chi connectivity index (χ3v) is 2.89. The molecule has 4 heteroatoms. The molecule has 0 radical (unpaired) electrons. The number of fused-ring (bicyclic) bond motifs is 1. The number of aromatic carboxylic acids is 1. The summed E-state index contributed by atoms with van der Waals surface area (Å²) in [4.78, 5) is 14.2. The van der Waals surface area contributed by atoms with Crippen molar-refractivity contribution in [1.82, 2.24) is 4.98 Å². The highest BCUT2D eigenvalue weighted by atomic mass is 16.5. The smallest absolute Gasteiger partial charge is 0.339 e. The Bertz CT molecular complexity index is 746. The molecule has 0 spiro atoms. The Morgan fingerprint density at radius 2 is 1.74 bits per heavy atom. The number of rotatable bonds is 3. The fourth-order valence-corrected chi connectivity index (χ4v) is 1.98. The monoisotopic (exact) mass is 253 g/mol. The van der Waals surface area contributed by atoms with Crippen LogP contribution in [0, 0.1) is 0 Å². The Kier molecular flexibility index (Phi) is 2.68. The van der Waals surface area contributed by atoms with E-state index in [1.54, 1.807) is 24.4 Å². The molecule has 1 aromatic heterocycles. The molecular formula is C15H11NO3. The standard InChI is InChI=1S/C15H11NO3/c17-15(18)11-6-2-4-8-13(11)19-14-9-16-12-7-3-1-5-10(12)14/h1-9,16H,(H,17,18). The maximum absolute atomic E-state index is 11.1. The van der Waals surface area contributed by atoms with E-state index in [2.05, 4.69) is 4.98 Å². The van der Waals surface area contributed by atoms with Crippen molar-refractivity contribution in [2.24, 2.45) is 0 Å². The van der Waals surface area contributed by atoms with Gasteiger partial charge in [0.2, 0.25) is 0 Å². The first-order valence-electron chi connectivity index (χ1n) is 5.82. The van der Waals surface area contributed by atoms with Gasteiger partial charge < -0.3 is 14.8 Å². The van der Waals surface area contributed by atoms with Crippen LogP contribution in [0.4, 0.5) is 0 Å². The Morgan fingerprint density at radius 3 is 2.58 bits per heavy atom. The van der Waals surface area contributed by atoms with Crippen molar-refractivity contribution in [2.75, 3.05) is 0 Å². The molecule has 2 aromatic carbocycles. The summed E-state index contributed by atoms with van der Waals surface area (Å²) in [6.07, 6.45) is 1.73. The van der Waals surface area contributed by atoms with Crippen molar-refractivity contribution in [3.8, 4) is 11.5 Å². The van der Waals surface area contributed by atoms with Gasteiger partial charge in [-0.3, -0.25) is 0 Å². The highest BCUT2D eigenvalue weighted by Gasteiger charge is 2.12. The maximum atomic E-state index is 11.1. The van der Waals surface area contributed by atoms with Gasteiger partial charge in [0.1, 0.15) is 11.3 Å². The number of nitrogens with one attached hydrogen (secondary N) is 1. The molecule has 0 unspecified atom stereocenters. The zero-order valence-electron chi connectivity index (χ0n) is 9.96. The highest BCUT2D eigenvalue weighted by molar-refractivity contribution is 5.91. The van der Waals surface area contributed by atoms with Gasteiger partial charge in [-0.15, -0.1) is 0 Å². The summed E-state index contributed by atoms with van der Waals surface area (Å²) in [6, 6.07) is 14.3. The topological polar surface area (TPSA) is 62.3 Å². The molecule has 19 heavy (non-hydrogen) atoms. The van der Waals surface area contributed by atoms with E-state index in [1.807, 2.05) is 24.3 Å². The molecule has 0 aliphatic carbocycles. The predicted molar refractivity (Wildman–Crippen MR) is 71.8 cm³/mol. The van der Waals surface area contributed by atoms with Gasteiger partial charge in [0, 0.05) is 17.1 Å². The average molecular weight is 253 g/mol. The van der Waals surface area contributed by atoms with Gasteiger partial charge in [-0.2, -0.15) is 0 Å². The minimum Gasteiger partial charge on any atom is -0.478 e. The third kappa shape index (κ3) is 2.04. The summed E-state index contributed by atoms with van der Waals surface area (Å²) >= 11 is 0. The molecule has 0 saturated heterocycles. The summed E-state index contributed by atoms with van der Waals surface area (Å²) in [5.74, 6) is -0.0560. The first-order chi connectivity index (χ1) is 9.25. The van der Waals surface area contributed by atoms with E-state index < -0.39 is 5.97 Å². The Balaban J connectivity index is 2.04. The summed E-state index contributed by atoms with van der Waals surface area (Å²) in [5.41, 5.74) is 1.10. The van der Waals surface area contributed by atoms with E-state index in [1.165, 1.54) is 6.07 Å². The number of carboxylic acids is 1. The molecule has 3 rings (SSSR count). The number of aromatic nitrogens is 1. The number of H-pyrrole nitrogens is 1. The molecule has 0 fully saturated rings. The van der Waals surface area contributed by atoms with E-state index >= 15 is 0 Å². The quantitative estimate of drug-likeness (QED) is 0.748. The maximum Gasteiger partial charge on any atom is 0.339 e.